The number of benzene rings is 1. The number of nitrogens with zero attached hydrogens (tertiary/aromatic N) is 4. The Morgan fingerprint density at radius 2 is 2.15 bits per heavy atom. The smallest absolute Gasteiger partial charge is 0.227 e. The molecule has 0 spiro atoms. The van der Waals surface area contributed by atoms with Crippen molar-refractivity contribution >= 4 is 38.9 Å². The summed E-state index contributed by atoms with van der Waals surface area (Å²) >= 11 is 7.81. The van der Waals surface area contributed by atoms with Crippen molar-refractivity contribution in [2.45, 2.75) is 19.4 Å². The fraction of sp³-hybridized carbons (Fsp3) is 0.400. The van der Waals surface area contributed by atoms with Gasteiger partial charge in [-0.25, -0.2) is 4.98 Å². The number of aryl methyl sites for hydroxylation is 1. The van der Waals surface area contributed by atoms with Gasteiger partial charge in [0.15, 0.2) is 0 Å². The molecule has 27 heavy (non-hydrogen) atoms. The molecule has 0 unspecified atom stereocenters. The van der Waals surface area contributed by atoms with Gasteiger partial charge in [-0.1, -0.05) is 11.6 Å². The molecule has 1 aromatic carbocycles. The first kappa shape index (κ1) is 18.5. The Bertz CT molecular complexity index is 951. The van der Waals surface area contributed by atoms with Gasteiger partial charge in [-0.2, -0.15) is 0 Å². The molecule has 1 aliphatic rings. The minimum absolute atomic E-state index is 0.202. The highest BCUT2D eigenvalue weighted by Gasteiger charge is 2.21. The molecule has 0 atom stereocenters. The summed E-state index contributed by atoms with van der Waals surface area (Å²) in [5, 5.41) is 3.91. The standard InChI is InChI=1S/C20H23ClN4OS/c1-23-8-5-22-19(23)13-24-6-2-7-25(10-9-24)20(26)11-15-14-27-18-4-3-16(21)12-17(15)18/h3-5,8,12,14H,2,6-7,9-11,13H2,1H3. The van der Waals surface area contributed by atoms with Crippen molar-refractivity contribution in [1.29, 1.82) is 0 Å². The molecule has 0 saturated carbocycles. The van der Waals surface area contributed by atoms with Gasteiger partial charge >= 0.3 is 0 Å². The SMILES string of the molecule is Cn1ccnc1CN1CCCN(C(=O)Cc2csc3ccc(Cl)cc23)CC1. The lowest BCUT2D eigenvalue weighted by Gasteiger charge is -2.22. The third kappa shape index (κ3) is 4.18. The van der Waals surface area contributed by atoms with E-state index in [1.54, 1.807) is 11.3 Å². The van der Waals surface area contributed by atoms with E-state index in [2.05, 4.69) is 19.8 Å². The molecule has 142 valence electrons. The average Bonchev–Trinajstić information content (AvgIpc) is 3.14. The van der Waals surface area contributed by atoms with E-state index in [1.807, 2.05) is 42.5 Å². The molecule has 1 amide bonds. The van der Waals surface area contributed by atoms with E-state index in [0.29, 0.717) is 11.4 Å². The van der Waals surface area contributed by atoms with E-state index in [0.717, 1.165) is 55.9 Å². The fourth-order valence-electron chi connectivity index (χ4n) is 3.59. The van der Waals surface area contributed by atoms with Crippen LogP contribution >= 0.6 is 22.9 Å². The second-order valence-corrected chi connectivity index (χ2v) is 8.39. The zero-order chi connectivity index (χ0) is 18.8. The van der Waals surface area contributed by atoms with Crippen molar-refractivity contribution in [2.24, 2.45) is 7.05 Å². The number of amides is 1. The molecule has 7 heteroatoms. The topological polar surface area (TPSA) is 41.4 Å². The van der Waals surface area contributed by atoms with Gasteiger partial charge in [0.25, 0.3) is 0 Å². The Hall–Kier alpha value is -1.89. The number of aromatic nitrogens is 2. The van der Waals surface area contributed by atoms with Crippen LogP contribution < -0.4 is 0 Å². The van der Waals surface area contributed by atoms with E-state index >= 15 is 0 Å². The molecule has 4 rings (SSSR count). The Morgan fingerprint density at radius 3 is 2.96 bits per heavy atom. The van der Waals surface area contributed by atoms with E-state index in [9.17, 15) is 4.79 Å². The maximum Gasteiger partial charge on any atom is 0.227 e. The van der Waals surface area contributed by atoms with Crippen molar-refractivity contribution < 1.29 is 4.79 Å². The zero-order valence-corrected chi connectivity index (χ0v) is 17.0. The number of imidazole rings is 1. The van der Waals surface area contributed by atoms with Crippen LogP contribution in [-0.4, -0.2) is 51.4 Å². The van der Waals surface area contributed by atoms with Crippen molar-refractivity contribution in [1.82, 2.24) is 19.4 Å². The summed E-state index contributed by atoms with van der Waals surface area (Å²) in [5.41, 5.74) is 1.08. The fourth-order valence-corrected chi connectivity index (χ4v) is 4.71. The van der Waals surface area contributed by atoms with Crippen molar-refractivity contribution in [3.05, 3.63) is 52.4 Å². The molecule has 0 bridgehead atoms. The van der Waals surface area contributed by atoms with Crippen LogP contribution in [0.1, 0.15) is 17.8 Å². The predicted molar refractivity (Wildman–Crippen MR) is 110 cm³/mol. The summed E-state index contributed by atoms with van der Waals surface area (Å²) < 4.78 is 3.24. The van der Waals surface area contributed by atoms with Crippen molar-refractivity contribution in [3.8, 4) is 0 Å². The van der Waals surface area contributed by atoms with E-state index in [4.69, 9.17) is 11.6 Å². The Kier molecular flexibility index (Phi) is 5.48. The van der Waals surface area contributed by atoms with Crippen LogP contribution in [0.4, 0.5) is 0 Å². The summed E-state index contributed by atoms with van der Waals surface area (Å²) in [4.78, 5) is 21.7. The third-order valence-electron chi connectivity index (χ3n) is 5.18. The normalized spacial score (nSPS) is 16.0. The lowest BCUT2D eigenvalue weighted by molar-refractivity contribution is -0.130. The molecule has 5 nitrogen and oxygen atoms in total. The van der Waals surface area contributed by atoms with Crippen molar-refractivity contribution in [2.75, 3.05) is 26.2 Å². The first-order valence-corrected chi connectivity index (χ1v) is 10.5. The van der Waals surface area contributed by atoms with Gasteiger partial charge < -0.3 is 9.47 Å². The second-order valence-electron chi connectivity index (χ2n) is 7.04. The Labute approximate surface area is 168 Å². The number of hydrogen-bond acceptors (Lipinski definition) is 4. The molecule has 0 aliphatic carbocycles. The van der Waals surface area contributed by atoms with E-state index < -0.39 is 0 Å². The quantitative estimate of drug-likeness (QED) is 0.670. The molecule has 0 N–H and O–H groups in total. The largest absolute Gasteiger partial charge is 0.341 e. The van der Waals surface area contributed by atoms with Gasteiger partial charge in [0.2, 0.25) is 5.91 Å². The summed E-state index contributed by atoms with van der Waals surface area (Å²) in [7, 11) is 2.02. The van der Waals surface area contributed by atoms with Crippen LogP contribution in [-0.2, 0) is 24.8 Å². The van der Waals surface area contributed by atoms with Crippen LogP contribution in [0.25, 0.3) is 10.1 Å². The van der Waals surface area contributed by atoms with Crippen LogP contribution in [0.3, 0.4) is 0 Å². The lowest BCUT2D eigenvalue weighted by Crippen LogP contribution is -2.36. The van der Waals surface area contributed by atoms with Crippen molar-refractivity contribution in [3.63, 3.8) is 0 Å². The van der Waals surface area contributed by atoms with Gasteiger partial charge in [0.1, 0.15) is 5.82 Å². The van der Waals surface area contributed by atoms with Gasteiger partial charge in [-0.15, -0.1) is 11.3 Å². The zero-order valence-electron chi connectivity index (χ0n) is 15.4. The van der Waals surface area contributed by atoms with Gasteiger partial charge in [-0.05, 0) is 40.9 Å². The number of hydrogen-bond donors (Lipinski definition) is 0. The van der Waals surface area contributed by atoms with Crippen LogP contribution in [0, 0.1) is 0 Å². The molecule has 0 radical (unpaired) electrons. The van der Waals surface area contributed by atoms with E-state index in [1.165, 1.54) is 4.70 Å². The maximum atomic E-state index is 12.9. The number of carbonyl (C=O) groups is 1. The number of carbonyl (C=O) groups excluding carboxylic acids is 1. The minimum atomic E-state index is 0.202. The molecular weight excluding hydrogens is 380 g/mol. The van der Waals surface area contributed by atoms with Crippen LogP contribution in [0.15, 0.2) is 36.0 Å². The average molecular weight is 403 g/mol. The maximum absolute atomic E-state index is 12.9. The lowest BCUT2D eigenvalue weighted by atomic mass is 10.1. The molecule has 3 aromatic rings. The third-order valence-corrected chi connectivity index (χ3v) is 6.43. The highest BCUT2D eigenvalue weighted by atomic mass is 35.5. The number of thiophene rings is 1. The molecule has 1 aliphatic heterocycles. The van der Waals surface area contributed by atoms with Crippen LogP contribution in [0.5, 0.6) is 0 Å². The second kappa shape index (κ2) is 8.00. The minimum Gasteiger partial charge on any atom is -0.341 e. The summed E-state index contributed by atoms with van der Waals surface area (Å²) in [6.45, 7) is 4.30. The van der Waals surface area contributed by atoms with E-state index in [-0.39, 0.29) is 5.91 Å². The highest BCUT2D eigenvalue weighted by molar-refractivity contribution is 7.17. The van der Waals surface area contributed by atoms with Crippen LogP contribution in [0.2, 0.25) is 5.02 Å². The monoisotopic (exact) mass is 402 g/mol. The van der Waals surface area contributed by atoms with Gasteiger partial charge in [0.05, 0.1) is 13.0 Å². The first-order valence-electron chi connectivity index (χ1n) is 9.22. The predicted octanol–water partition coefficient (Wildman–Crippen LogP) is 3.57. The van der Waals surface area contributed by atoms with Gasteiger partial charge in [0, 0.05) is 55.3 Å². The van der Waals surface area contributed by atoms with Gasteiger partial charge in [-0.3, -0.25) is 9.69 Å². The highest BCUT2D eigenvalue weighted by Crippen LogP contribution is 2.29. The molecule has 2 aromatic heterocycles. The summed E-state index contributed by atoms with van der Waals surface area (Å²) in [6.07, 6.45) is 5.24. The molecule has 3 heterocycles. The summed E-state index contributed by atoms with van der Waals surface area (Å²) in [5.74, 6) is 1.27. The first-order chi connectivity index (χ1) is 13.1. The Morgan fingerprint density at radius 1 is 1.26 bits per heavy atom. The molecule has 1 fully saturated rings. The summed E-state index contributed by atoms with van der Waals surface area (Å²) in [6, 6.07) is 5.89. The molecule has 1 saturated heterocycles. The Balaban J connectivity index is 1.39. The molecular formula is C20H23ClN4OS. The number of fused-ring (bicyclic) bond motifs is 1. The number of rotatable bonds is 4. The number of halogens is 1.